The van der Waals surface area contributed by atoms with E-state index in [2.05, 4.69) is 16.9 Å². The van der Waals surface area contributed by atoms with Gasteiger partial charge in [0.15, 0.2) is 0 Å². The van der Waals surface area contributed by atoms with Gasteiger partial charge in [-0.25, -0.2) is 14.8 Å². The van der Waals surface area contributed by atoms with Crippen LogP contribution >= 0.6 is 0 Å². The molecule has 1 aromatic heterocycles. The van der Waals surface area contributed by atoms with Crippen LogP contribution in [0.5, 0.6) is 5.88 Å². The number of hydrogen-bond donors (Lipinski definition) is 1. The fourth-order valence-electron chi connectivity index (χ4n) is 2.76. The van der Waals surface area contributed by atoms with E-state index in [9.17, 15) is 4.79 Å². The first kappa shape index (κ1) is 13.8. The third-order valence-corrected chi connectivity index (χ3v) is 4.09. The van der Waals surface area contributed by atoms with Crippen LogP contribution in [0.4, 0.5) is 0 Å². The lowest BCUT2D eigenvalue weighted by Crippen LogP contribution is -2.23. The summed E-state index contributed by atoms with van der Waals surface area (Å²) in [7, 11) is 0. The van der Waals surface area contributed by atoms with E-state index in [4.69, 9.17) is 9.84 Å². The van der Waals surface area contributed by atoms with Gasteiger partial charge < -0.3 is 9.84 Å². The Morgan fingerprint density at radius 3 is 2.71 bits per heavy atom. The molecule has 1 N–H and O–H groups in total. The van der Waals surface area contributed by atoms with Crippen molar-refractivity contribution in [3.8, 4) is 5.88 Å². The molecule has 0 unspecified atom stereocenters. The SMILES string of the molecule is CC1CCC(Oc2ncnc3cc(C(=O)O)ccc23)CC1. The van der Waals surface area contributed by atoms with Crippen LogP contribution in [-0.4, -0.2) is 27.1 Å². The Morgan fingerprint density at radius 1 is 1.24 bits per heavy atom. The van der Waals surface area contributed by atoms with Gasteiger partial charge in [-0.15, -0.1) is 0 Å². The van der Waals surface area contributed by atoms with Crippen molar-refractivity contribution in [1.29, 1.82) is 0 Å². The molecule has 0 atom stereocenters. The highest BCUT2D eigenvalue weighted by Gasteiger charge is 2.21. The molecule has 3 rings (SSSR count). The Hall–Kier alpha value is -2.17. The topological polar surface area (TPSA) is 72.3 Å². The van der Waals surface area contributed by atoms with Crippen molar-refractivity contribution in [2.75, 3.05) is 0 Å². The molecule has 5 nitrogen and oxygen atoms in total. The molecule has 1 heterocycles. The smallest absolute Gasteiger partial charge is 0.335 e. The van der Waals surface area contributed by atoms with Gasteiger partial charge in [0, 0.05) is 0 Å². The molecule has 1 fully saturated rings. The number of aromatic nitrogens is 2. The van der Waals surface area contributed by atoms with E-state index >= 15 is 0 Å². The third-order valence-electron chi connectivity index (χ3n) is 4.09. The summed E-state index contributed by atoms with van der Waals surface area (Å²) in [6.45, 7) is 2.27. The number of ether oxygens (including phenoxy) is 1. The van der Waals surface area contributed by atoms with Gasteiger partial charge in [-0.05, 0) is 49.8 Å². The summed E-state index contributed by atoms with van der Waals surface area (Å²) < 4.78 is 6.02. The second kappa shape index (κ2) is 5.68. The lowest BCUT2D eigenvalue weighted by molar-refractivity contribution is 0.0697. The Balaban J connectivity index is 1.87. The van der Waals surface area contributed by atoms with Crippen molar-refractivity contribution in [2.24, 2.45) is 5.92 Å². The molecule has 0 amide bonds. The lowest BCUT2D eigenvalue weighted by Gasteiger charge is -2.26. The van der Waals surface area contributed by atoms with E-state index in [1.54, 1.807) is 18.2 Å². The van der Waals surface area contributed by atoms with E-state index < -0.39 is 5.97 Å². The van der Waals surface area contributed by atoms with Crippen LogP contribution in [0.15, 0.2) is 24.5 Å². The lowest BCUT2D eigenvalue weighted by atomic mass is 9.89. The van der Waals surface area contributed by atoms with Gasteiger partial charge in [0.05, 0.1) is 16.5 Å². The van der Waals surface area contributed by atoms with Crippen molar-refractivity contribution in [2.45, 2.75) is 38.7 Å². The second-order valence-corrected chi connectivity index (χ2v) is 5.72. The van der Waals surface area contributed by atoms with Crippen LogP contribution in [-0.2, 0) is 0 Å². The molecule has 0 radical (unpaired) electrons. The molecule has 1 aliphatic rings. The summed E-state index contributed by atoms with van der Waals surface area (Å²) in [5.41, 5.74) is 0.822. The van der Waals surface area contributed by atoms with E-state index in [0.717, 1.165) is 24.1 Å². The molecule has 0 bridgehead atoms. The van der Waals surface area contributed by atoms with Gasteiger partial charge in [-0.2, -0.15) is 0 Å². The number of carboxylic acids is 1. The fraction of sp³-hybridized carbons (Fsp3) is 0.438. The highest BCUT2D eigenvalue weighted by Crippen LogP contribution is 2.29. The number of fused-ring (bicyclic) bond motifs is 1. The van der Waals surface area contributed by atoms with E-state index in [1.165, 1.54) is 19.2 Å². The minimum absolute atomic E-state index is 0.193. The molecular formula is C16H18N2O3. The number of carboxylic acid groups (broad SMARTS) is 1. The normalized spacial score (nSPS) is 22.1. The van der Waals surface area contributed by atoms with Gasteiger partial charge in [0.1, 0.15) is 12.4 Å². The quantitative estimate of drug-likeness (QED) is 0.937. The van der Waals surface area contributed by atoms with E-state index in [0.29, 0.717) is 11.4 Å². The number of rotatable bonds is 3. The second-order valence-electron chi connectivity index (χ2n) is 5.72. The Morgan fingerprint density at radius 2 is 2.00 bits per heavy atom. The molecule has 2 aromatic rings. The predicted molar refractivity (Wildman–Crippen MR) is 78.5 cm³/mol. The van der Waals surface area contributed by atoms with Crippen LogP contribution in [0.1, 0.15) is 43.0 Å². The highest BCUT2D eigenvalue weighted by molar-refractivity contribution is 5.94. The first-order valence-corrected chi connectivity index (χ1v) is 7.28. The van der Waals surface area contributed by atoms with Crippen molar-refractivity contribution in [1.82, 2.24) is 9.97 Å². The van der Waals surface area contributed by atoms with Crippen molar-refractivity contribution < 1.29 is 14.6 Å². The summed E-state index contributed by atoms with van der Waals surface area (Å²) in [6.07, 6.45) is 6.06. The highest BCUT2D eigenvalue weighted by atomic mass is 16.5. The Bertz CT molecular complexity index is 664. The molecule has 110 valence electrons. The predicted octanol–water partition coefficient (Wildman–Crippen LogP) is 3.29. The van der Waals surface area contributed by atoms with Gasteiger partial charge in [0.2, 0.25) is 5.88 Å². The maximum absolute atomic E-state index is 11.0. The van der Waals surface area contributed by atoms with Crippen LogP contribution in [0.25, 0.3) is 10.9 Å². The summed E-state index contributed by atoms with van der Waals surface area (Å²) in [5, 5.41) is 9.79. The van der Waals surface area contributed by atoms with Crippen molar-refractivity contribution >= 4 is 16.9 Å². The van der Waals surface area contributed by atoms with E-state index in [-0.39, 0.29) is 11.7 Å². The molecular weight excluding hydrogens is 268 g/mol. The Labute approximate surface area is 123 Å². The summed E-state index contributed by atoms with van der Waals surface area (Å²) in [6, 6.07) is 4.83. The first-order chi connectivity index (χ1) is 10.1. The molecule has 1 aliphatic carbocycles. The molecule has 1 aromatic carbocycles. The van der Waals surface area contributed by atoms with Gasteiger partial charge in [0.25, 0.3) is 0 Å². The summed E-state index contributed by atoms with van der Waals surface area (Å²) in [5.74, 6) is 0.362. The summed E-state index contributed by atoms with van der Waals surface area (Å²) in [4.78, 5) is 19.4. The first-order valence-electron chi connectivity index (χ1n) is 7.28. The van der Waals surface area contributed by atoms with Crippen LogP contribution in [0.2, 0.25) is 0 Å². The molecule has 0 aliphatic heterocycles. The molecule has 0 spiro atoms. The minimum Gasteiger partial charge on any atom is -0.478 e. The summed E-state index contributed by atoms with van der Waals surface area (Å²) >= 11 is 0. The number of benzene rings is 1. The molecule has 1 saturated carbocycles. The van der Waals surface area contributed by atoms with Crippen LogP contribution in [0, 0.1) is 5.92 Å². The standard InChI is InChI=1S/C16H18N2O3/c1-10-2-5-12(6-3-10)21-15-13-7-4-11(16(19)20)8-14(13)17-9-18-15/h4,7-10,12H,2-3,5-6H2,1H3,(H,19,20). The maximum Gasteiger partial charge on any atom is 0.335 e. The van der Waals surface area contributed by atoms with Gasteiger partial charge in [-0.3, -0.25) is 0 Å². The largest absolute Gasteiger partial charge is 0.478 e. The van der Waals surface area contributed by atoms with Gasteiger partial charge >= 0.3 is 5.97 Å². The third kappa shape index (κ3) is 2.96. The van der Waals surface area contributed by atoms with E-state index in [1.807, 2.05) is 0 Å². The monoisotopic (exact) mass is 286 g/mol. The molecule has 21 heavy (non-hydrogen) atoms. The van der Waals surface area contributed by atoms with Gasteiger partial charge in [-0.1, -0.05) is 6.92 Å². The zero-order valence-electron chi connectivity index (χ0n) is 12.0. The van der Waals surface area contributed by atoms with Crippen molar-refractivity contribution in [3.63, 3.8) is 0 Å². The average Bonchev–Trinajstić information content (AvgIpc) is 2.49. The Kier molecular flexibility index (Phi) is 3.73. The fourth-order valence-corrected chi connectivity index (χ4v) is 2.76. The van der Waals surface area contributed by atoms with Crippen molar-refractivity contribution in [3.05, 3.63) is 30.1 Å². The molecule has 5 heteroatoms. The minimum atomic E-state index is -0.959. The molecule has 0 saturated heterocycles. The number of carbonyl (C=O) groups is 1. The number of nitrogens with zero attached hydrogens (tertiary/aromatic N) is 2. The zero-order chi connectivity index (χ0) is 14.8. The van der Waals surface area contributed by atoms with Crippen LogP contribution < -0.4 is 4.74 Å². The number of aromatic carboxylic acids is 1. The average molecular weight is 286 g/mol. The number of hydrogen-bond acceptors (Lipinski definition) is 4. The zero-order valence-corrected chi connectivity index (χ0v) is 12.0. The maximum atomic E-state index is 11.0. The van der Waals surface area contributed by atoms with Crippen LogP contribution in [0.3, 0.4) is 0 Å².